The summed E-state index contributed by atoms with van der Waals surface area (Å²) in [4.78, 5) is 16.9. The van der Waals surface area contributed by atoms with E-state index in [2.05, 4.69) is 0 Å². The largest absolute Gasteiger partial charge is 0.442 e. The molecule has 43 heavy (non-hydrogen) atoms. The molecule has 228 valence electrons. The number of imidazole rings is 1. The number of carbonyl (C=O) groups excluding carboxylic acids is 1. The Morgan fingerprint density at radius 1 is 0.930 bits per heavy atom. The van der Waals surface area contributed by atoms with Crippen molar-refractivity contribution < 1.29 is 27.9 Å². The van der Waals surface area contributed by atoms with E-state index in [0.717, 1.165) is 21.7 Å². The van der Waals surface area contributed by atoms with Gasteiger partial charge in [-0.2, -0.15) is 0 Å². The summed E-state index contributed by atoms with van der Waals surface area (Å²) >= 11 is 13.9. The molecule has 13 heteroatoms. The van der Waals surface area contributed by atoms with Crippen molar-refractivity contribution in [3.8, 4) is 0 Å². The third kappa shape index (κ3) is 10.1. The fraction of sp³-hybridized carbons (Fsp3) is 0.267. The number of ether oxygens (including phenoxy) is 2. The molecular formula is C30H32Cl2N3O6PS. The predicted octanol–water partition coefficient (Wildman–Crippen LogP) is 8.62. The zero-order chi connectivity index (χ0) is 30.8. The molecule has 0 fully saturated rings. The maximum absolute atomic E-state index is 13.9. The van der Waals surface area contributed by atoms with Gasteiger partial charge in [0.15, 0.2) is 13.0 Å². The van der Waals surface area contributed by atoms with E-state index in [9.17, 15) is 9.36 Å². The zero-order valence-corrected chi connectivity index (χ0v) is 26.9. The summed E-state index contributed by atoms with van der Waals surface area (Å²) in [5, 5.41) is 1.67. The monoisotopic (exact) mass is 663 g/mol. The van der Waals surface area contributed by atoms with Crippen LogP contribution < -0.4 is 5.73 Å². The van der Waals surface area contributed by atoms with Crippen LogP contribution in [0.2, 0.25) is 10.0 Å². The van der Waals surface area contributed by atoms with Crippen molar-refractivity contribution in [2.24, 2.45) is 5.73 Å². The molecule has 0 radical (unpaired) electrons. The molecule has 0 aliphatic carbocycles. The number of benzene rings is 3. The van der Waals surface area contributed by atoms with Gasteiger partial charge in [-0.25, -0.2) is 9.78 Å². The highest BCUT2D eigenvalue weighted by molar-refractivity contribution is 7.99. The van der Waals surface area contributed by atoms with Gasteiger partial charge in [-0.15, -0.1) is 0 Å². The Hall–Kier alpha value is -2.82. The summed E-state index contributed by atoms with van der Waals surface area (Å²) in [6.45, 7) is 3.85. The number of amides is 1. The Bertz CT molecular complexity index is 1490. The van der Waals surface area contributed by atoms with Crippen LogP contribution in [-0.4, -0.2) is 22.0 Å². The fourth-order valence-corrected chi connectivity index (χ4v) is 7.04. The molecule has 1 aromatic heterocycles. The number of halogens is 2. The number of carbonyl (C=O) groups is 1. The Labute approximate surface area is 265 Å². The van der Waals surface area contributed by atoms with Gasteiger partial charge in [0.25, 0.3) is 0 Å². The minimum absolute atomic E-state index is 0.000227. The van der Waals surface area contributed by atoms with E-state index in [0.29, 0.717) is 20.9 Å². The van der Waals surface area contributed by atoms with E-state index < -0.39 is 13.7 Å². The summed E-state index contributed by atoms with van der Waals surface area (Å²) in [6, 6.07) is 24.0. The number of primary amides is 1. The van der Waals surface area contributed by atoms with E-state index in [-0.39, 0.29) is 38.8 Å². The zero-order valence-electron chi connectivity index (χ0n) is 23.7. The number of nitrogens with two attached hydrogens (primary N) is 1. The third-order valence-electron chi connectivity index (χ3n) is 5.98. The van der Waals surface area contributed by atoms with Crippen LogP contribution in [0, 0.1) is 0 Å². The maximum atomic E-state index is 13.9. The molecule has 0 aliphatic heterocycles. The van der Waals surface area contributed by atoms with Crippen LogP contribution in [0.4, 0.5) is 4.79 Å². The minimum atomic E-state index is -3.74. The Balaban J connectivity index is 1.58. The van der Waals surface area contributed by atoms with Crippen molar-refractivity contribution in [2.75, 3.05) is 6.35 Å². The second-order valence-corrected chi connectivity index (χ2v) is 13.6. The molecule has 0 spiro atoms. The van der Waals surface area contributed by atoms with E-state index in [1.807, 2.05) is 74.5 Å². The van der Waals surface area contributed by atoms with Gasteiger partial charge in [-0.3, -0.25) is 9.13 Å². The molecule has 1 amide bonds. The van der Waals surface area contributed by atoms with Crippen LogP contribution >= 0.6 is 42.6 Å². The molecule has 0 atom stereocenters. The molecule has 0 aliphatic rings. The first-order valence-electron chi connectivity index (χ1n) is 13.3. The molecule has 0 bridgehead atoms. The molecule has 2 N–H and O–H groups in total. The molecule has 0 unspecified atom stereocenters. The summed E-state index contributed by atoms with van der Waals surface area (Å²) in [5.74, 6) is 0.392. The van der Waals surface area contributed by atoms with E-state index in [1.54, 1.807) is 22.8 Å². The van der Waals surface area contributed by atoms with Gasteiger partial charge >= 0.3 is 13.7 Å². The lowest BCUT2D eigenvalue weighted by Crippen LogP contribution is -2.16. The summed E-state index contributed by atoms with van der Waals surface area (Å²) in [5.41, 5.74) is 7.65. The van der Waals surface area contributed by atoms with Crippen LogP contribution in [0.15, 0.2) is 88.8 Å². The summed E-state index contributed by atoms with van der Waals surface area (Å²) in [6.07, 6.45) is -1.28. The normalized spacial score (nSPS) is 11.7. The fourth-order valence-electron chi connectivity index (χ4n) is 3.91. The number of nitrogens with zero attached hydrogens (tertiary/aromatic N) is 2. The third-order valence-corrected chi connectivity index (χ3v) is 9.05. The smallest absolute Gasteiger partial charge is 0.404 e. The number of hydrogen-bond donors (Lipinski definition) is 1. The van der Waals surface area contributed by atoms with Crippen molar-refractivity contribution in [3.05, 3.63) is 112 Å². The number of aromatic nitrogens is 2. The first-order valence-corrected chi connectivity index (χ1v) is 16.6. The van der Waals surface area contributed by atoms with Crippen molar-refractivity contribution in [1.82, 2.24) is 9.55 Å². The van der Waals surface area contributed by atoms with Crippen molar-refractivity contribution in [2.45, 2.75) is 56.2 Å². The molecule has 3 aromatic carbocycles. The van der Waals surface area contributed by atoms with Gasteiger partial charge < -0.3 is 24.3 Å². The first kappa shape index (κ1) is 33.1. The number of hydrogen-bond acceptors (Lipinski definition) is 8. The topological polar surface area (TPSA) is 115 Å². The van der Waals surface area contributed by atoms with Gasteiger partial charge in [0.1, 0.15) is 17.6 Å². The minimum Gasteiger partial charge on any atom is -0.442 e. The van der Waals surface area contributed by atoms with Crippen molar-refractivity contribution >= 4 is 48.7 Å². The second kappa shape index (κ2) is 15.8. The van der Waals surface area contributed by atoms with Crippen LogP contribution in [0.25, 0.3) is 0 Å². The molecular weight excluding hydrogens is 632 g/mol. The second-order valence-electron chi connectivity index (χ2n) is 9.71. The highest BCUT2D eigenvalue weighted by Gasteiger charge is 2.27. The van der Waals surface area contributed by atoms with Crippen LogP contribution in [-0.2, 0) is 49.6 Å². The van der Waals surface area contributed by atoms with Gasteiger partial charge in [0, 0.05) is 14.9 Å². The maximum Gasteiger partial charge on any atom is 0.404 e. The molecule has 4 rings (SSSR count). The SMILES string of the molecule is CC(C)c1nc(COC(N)=O)n(COCP(=O)(OCc2ccccc2)OCc2ccccc2)c1Sc1cc(Cl)cc(Cl)c1. The van der Waals surface area contributed by atoms with E-state index in [1.165, 1.54) is 11.8 Å². The average molecular weight is 665 g/mol. The summed E-state index contributed by atoms with van der Waals surface area (Å²) in [7, 11) is -3.74. The van der Waals surface area contributed by atoms with E-state index in [4.69, 9.17) is 52.4 Å². The predicted molar refractivity (Wildman–Crippen MR) is 167 cm³/mol. The van der Waals surface area contributed by atoms with Crippen LogP contribution in [0.1, 0.15) is 42.4 Å². The summed E-state index contributed by atoms with van der Waals surface area (Å²) < 4.78 is 38.4. The molecule has 0 saturated carbocycles. The molecule has 0 saturated heterocycles. The quantitative estimate of drug-likeness (QED) is 0.126. The first-order chi connectivity index (χ1) is 20.6. The van der Waals surface area contributed by atoms with Crippen LogP contribution in [0.5, 0.6) is 0 Å². The lowest BCUT2D eigenvalue weighted by molar-refractivity contribution is 0.0721. The Kier molecular flexibility index (Phi) is 12.1. The number of rotatable bonds is 15. The van der Waals surface area contributed by atoms with Gasteiger partial charge in [0.05, 0.1) is 18.9 Å². The van der Waals surface area contributed by atoms with E-state index >= 15 is 0 Å². The van der Waals surface area contributed by atoms with Crippen molar-refractivity contribution in [1.29, 1.82) is 0 Å². The lowest BCUT2D eigenvalue weighted by atomic mass is 10.2. The standard InChI is InChI=1S/C30H32Cl2N3O6PS/c1-21(2)28-29(43-26-14-24(31)13-25(32)15-26)35(27(34-28)18-39-30(33)36)19-38-20-42(37,40-16-22-9-5-3-6-10-22)41-17-23-11-7-4-8-12-23/h3-15,21H,16-20H2,1-2H3,(H2,33,36). The average Bonchev–Trinajstić information content (AvgIpc) is 3.31. The molecule has 1 heterocycles. The van der Waals surface area contributed by atoms with Crippen LogP contribution in [0.3, 0.4) is 0 Å². The highest BCUT2D eigenvalue weighted by Crippen LogP contribution is 2.50. The Morgan fingerprint density at radius 2 is 1.49 bits per heavy atom. The molecule has 4 aromatic rings. The molecule has 9 nitrogen and oxygen atoms in total. The van der Waals surface area contributed by atoms with Gasteiger partial charge in [0.2, 0.25) is 0 Å². The highest BCUT2D eigenvalue weighted by atomic mass is 35.5. The van der Waals surface area contributed by atoms with Gasteiger partial charge in [-0.05, 0) is 35.2 Å². The van der Waals surface area contributed by atoms with Gasteiger partial charge in [-0.1, -0.05) is 109 Å². The van der Waals surface area contributed by atoms with Crippen molar-refractivity contribution in [3.63, 3.8) is 0 Å². The lowest BCUT2D eigenvalue weighted by Gasteiger charge is -2.20. The Morgan fingerprint density at radius 3 is 2.00 bits per heavy atom.